The van der Waals surface area contributed by atoms with Crippen molar-refractivity contribution in [2.45, 2.75) is 0 Å². The van der Waals surface area contributed by atoms with E-state index in [-0.39, 0.29) is 0 Å². The predicted octanol–water partition coefficient (Wildman–Crippen LogP) is 4.79. The predicted molar refractivity (Wildman–Crippen MR) is 97.4 cm³/mol. The van der Waals surface area contributed by atoms with E-state index in [0.717, 1.165) is 23.8 Å². The molecule has 130 valence electrons. The summed E-state index contributed by atoms with van der Waals surface area (Å²) in [4.78, 5) is 11.3. The molecule has 7 heteroatoms. The molecule has 1 fully saturated rings. The Hall–Kier alpha value is -1.55. The number of amidine groups is 1. The maximum atomic E-state index is 5.71. The summed E-state index contributed by atoms with van der Waals surface area (Å²) in [5.41, 5.74) is 1.76. The monoisotopic (exact) mass is 407 g/mol. The van der Waals surface area contributed by atoms with Gasteiger partial charge in [0.1, 0.15) is 6.61 Å². The molecule has 1 heterocycles. The average Bonchev–Trinajstić information content (AvgIpc) is 2.61. The van der Waals surface area contributed by atoms with E-state index in [2.05, 4.69) is 14.9 Å². The fraction of sp³-hybridized carbons (Fsp3) is 0.176. The van der Waals surface area contributed by atoms with Crippen molar-refractivity contribution in [3.63, 3.8) is 0 Å². The number of morpholine rings is 1. The molecule has 0 unspecified atom stereocenters. The molecule has 0 bridgehead atoms. The van der Waals surface area contributed by atoms with E-state index in [1.807, 2.05) is 67.7 Å². The third-order valence-electron chi connectivity index (χ3n) is 3.20. The summed E-state index contributed by atoms with van der Waals surface area (Å²) >= 11 is 0.569. The summed E-state index contributed by atoms with van der Waals surface area (Å²) in [5, 5.41) is 0. The second-order valence-electron chi connectivity index (χ2n) is 4.84. The molecule has 3 rings (SSSR count). The molecule has 1 aliphatic heterocycles. The average molecular weight is 409 g/mol. The molecule has 2 aromatic rings. The Bertz CT molecular complexity index is 681. The van der Waals surface area contributed by atoms with Crippen LogP contribution in [0.5, 0.6) is 0 Å². The number of likely N-dealkylation sites (N-methyl/N-ethyl adjacent to an activating group) is 1. The van der Waals surface area contributed by atoms with Crippen LogP contribution >= 0.6 is 20.4 Å². The van der Waals surface area contributed by atoms with Gasteiger partial charge >= 0.3 is 33.0 Å². The fourth-order valence-corrected chi connectivity index (χ4v) is 2.07. The van der Waals surface area contributed by atoms with Gasteiger partial charge in [-0.2, -0.15) is 0 Å². The van der Waals surface area contributed by atoms with Gasteiger partial charge in [0.2, 0.25) is 0 Å². The third kappa shape index (κ3) is 5.82. The zero-order valence-corrected chi connectivity index (χ0v) is 15.5. The van der Waals surface area contributed by atoms with E-state index >= 15 is 0 Å². The fourth-order valence-electron chi connectivity index (χ4n) is 2.07. The Morgan fingerprint density at radius 3 is 1.96 bits per heavy atom. The van der Waals surface area contributed by atoms with Crippen LogP contribution in [0.25, 0.3) is 0 Å². The molecular formula is C17H17Cl2N3NiO. The van der Waals surface area contributed by atoms with Gasteiger partial charge in [0.15, 0.2) is 5.84 Å². The number of rotatable bonds is 2. The van der Waals surface area contributed by atoms with Crippen molar-refractivity contribution in [1.29, 1.82) is 0 Å². The minimum absolute atomic E-state index is 0.568. The van der Waals surface area contributed by atoms with Crippen LogP contribution in [-0.2, 0) is 17.4 Å². The van der Waals surface area contributed by atoms with Crippen LogP contribution in [0.1, 0.15) is 0 Å². The normalized spacial score (nSPS) is 17.4. The van der Waals surface area contributed by atoms with Gasteiger partial charge < -0.3 is 9.64 Å². The molecule has 0 atom stereocenters. The first-order chi connectivity index (χ1) is 11.7. The molecule has 0 aromatic heterocycles. The Balaban J connectivity index is 0.000000647. The van der Waals surface area contributed by atoms with Gasteiger partial charge in [-0.25, -0.2) is 9.98 Å². The summed E-state index contributed by atoms with van der Waals surface area (Å²) < 4.78 is 5.71. The Morgan fingerprint density at radius 1 is 0.917 bits per heavy atom. The van der Waals surface area contributed by atoms with Crippen molar-refractivity contribution in [2.75, 3.05) is 20.2 Å². The first-order valence-electron chi connectivity index (χ1n) is 7.18. The molecule has 2 aromatic carbocycles. The van der Waals surface area contributed by atoms with Crippen LogP contribution in [0, 0.1) is 0 Å². The van der Waals surface area contributed by atoms with Gasteiger partial charge in [0.05, 0.1) is 17.9 Å². The maximum absolute atomic E-state index is 5.71. The van der Waals surface area contributed by atoms with Gasteiger partial charge in [-0.05, 0) is 24.3 Å². The minimum atomic E-state index is 0.568. The second-order valence-corrected chi connectivity index (χ2v) is 6.47. The second kappa shape index (κ2) is 10.3. The van der Waals surface area contributed by atoms with Crippen molar-refractivity contribution in [3.8, 4) is 0 Å². The van der Waals surface area contributed by atoms with E-state index in [0.29, 0.717) is 25.2 Å². The van der Waals surface area contributed by atoms with Crippen molar-refractivity contribution in [2.24, 2.45) is 9.98 Å². The molecule has 0 N–H and O–H groups in total. The van der Waals surface area contributed by atoms with Crippen molar-refractivity contribution in [3.05, 3.63) is 60.7 Å². The van der Waals surface area contributed by atoms with Crippen LogP contribution < -0.4 is 0 Å². The zero-order chi connectivity index (χ0) is 17.2. The van der Waals surface area contributed by atoms with Gasteiger partial charge in [0.25, 0.3) is 5.90 Å². The molecule has 0 spiro atoms. The Kier molecular flexibility index (Phi) is 8.10. The van der Waals surface area contributed by atoms with Crippen molar-refractivity contribution < 1.29 is 17.4 Å². The molecule has 4 nitrogen and oxygen atoms in total. The number of halogens is 2. The van der Waals surface area contributed by atoms with E-state index in [1.165, 1.54) is 0 Å². The van der Waals surface area contributed by atoms with E-state index in [4.69, 9.17) is 25.1 Å². The zero-order valence-electron chi connectivity index (χ0n) is 13.0. The van der Waals surface area contributed by atoms with Crippen LogP contribution in [0.2, 0.25) is 0 Å². The van der Waals surface area contributed by atoms with Crippen LogP contribution in [0.3, 0.4) is 0 Å². The number of hydrogen-bond donors (Lipinski definition) is 0. The number of ether oxygens (including phenoxy) is 1. The van der Waals surface area contributed by atoms with Gasteiger partial charge in [-0.15, -0.1) is 0 Å². The number of nitrogens with zero attached hydrogens (tertiary/aromatic N) is 3. The number of aliphatic imine (C=N–C) groups is 2. The molecule has 1 saturated heterocycles. The summed E-state index contributed by atoms with van der Waals surface area (Å²) in [7, 11) is 11.4. The third-order valence-corrected chi connectivity index (χ3v) is 3.20. The van der Waals surface area contributed by atoms with Gasteiger partial charge in [-0.3, -0.25) is 0 Å². The summed E-state index contributed by atoms with van der Waals surface area (Å²) in [5.74, 6) is 1.33. The number of benzene rings is 2. The van der Waals surface area contributed by atoms with Gasteiger partial charge in [0, 0.05) is 7.05 Å². The Labute approximate surface area is 156 Å². The standard InChI is InChI=1S/C17H17N3O.2ClH.Ni/c1-20-12-13-21-17(19-15-10-6-3-7-11-15)16(20)18-14-8-4-2-5-9-14;;;/h2-11H,12-13H2,1H3;2*1H;/q;;;+2/p-2. The SMILES string of the molecule is CN1CCOC(=Nc2ccccc2)C1=Nc1ccccc1.[Cl][Ni][Cl]. The first kappa shape index (κ1) is 18.8. The Morgan fingerprint density at radius 2 is 1.42 bits per heavy atom. The van der Waals surface area contributed by atoms with Crippen LogP contribution in [0.4, 0.5) is 11.4 Å². The molecule has 24 heavy (non-hydrogen) atoms. The first-order valence-corrected chi connectivity index (χ1v) is 9.90. The van der Waals surface area contributed by atoms with Crippen molar-refractivity contribution in [1.82, 2.24) is 4.90 Å². The molecule has 0 saturated carbocycles. The van der Waals surface area contributed by atoms with E-state index in [9.17, 15) is 0 Å². The summed E-state index contributed by atoms with van der Waals surface area (Å²) in [6.45, 7) is 1.43. The van der Waals surface area contributed by atoms with Gasteiger partial charge in [-0.1, -0.05) is 36.4 Å². The number of hydrogen-bond acceptors (Lipinski definition) is 3. The molecule has 1 aliphatic rings. The molecule has 0 radical (unpaired) electrons. The quantitative estimate of drug-likeness (QED) is 0.670. The summed E-state index contributed by atoms with van der Waals surface area (Å²) in [6.07, 6.45) is 0. The summed E-state index contributed by atoms with van der Waals surface area (Å²) in [6, 6.07) is 19.6. The molecular weight excluding hydrogens is 392 g/mol. The van der Waals surface area contributed by atoms with Crippen molar-refractivity contribution >= 4 is 43.5 Å². The van der Waals surface area contributed by atoms with E-state index in [1.54, 1.807) is 0 Å². The topological polar surface area (TPSA) is 37.2 Å². The number of para-hydroxylation sites is 2. The van der Waals surface area contributed by atoms with E-state index < -0.39 is 0 Å². The molecule has 0 aliphatic carbocycles. The van der Waals surface area contributed by atoms with Crippen LogP contribution in [0.15, 0.2) is 70.6 Å². The molecule has 0 amide bonds. The van der Waals surface area contributed by atoms with Crippen LogP contribution in [-0.4, -0.2) is 36.8 Å².